The highest BCUT2D eigenvalue weighted by molar-refractivity contribution is 6.01. The molecule has 1 rings (SSSR count). The molecular weight excluding hydrogens is 230 g/mol. The van der Waals surface area contributed by atoms with Crippen LogP contribution in [0.1, 0.15) is 44.6 Å². The predicted molar refractivity (Wildman–Crippen MR) is 70.8 cm³/mol. The molecule has 0 aliphatic heterocycles. The van der Waals surface area contributed by atoms with Crippen molar-refractivity contribution in [3.05, 3.63) is 11.9 Å². The van der Waals surface area contributed by atoms with Crippen molar-refractivity contribution in [3.8, 4) is 5.75 Å². The summed E-state index contributed by atoms with van der Waals surface area (Å²) in [5, 5.41) is 4.18. The second-order valence-electron chi connectivity index (χ2n) is 5.49. The Balaban J connectivity index is 3.14. The van der Waals surface area contributed by atoms with E-state index in [1.54, 1.807) is 10.9 Å². The van der Waals surface area contributed by atoms with Gasteiger partial charge < -0.3 is 10.5 Å². The van der Waals surface area contributed by atoms with Crippen molar-refractivity contribution in [1.82, 2.24) is 9.78 Å². The van der Waals surface area contributed by atoms with E-state index in [9.17, 15) is 4.79 Å². The van der Waals surface area contributed by atoms with Gasteiger partial charge in [0.1, 0.15) is 5.69 Å². The average Bonchev–Trinajstić information content (AvgIpc) is 2.69. The minimum atomic E-state index is -0.571. The second-order valence-corrected chi connectivity index (χ2v) is 5.49. The first-order valence-electron chi connectivity index (χ1n) is 6.22. The third kappa shape index (κ3) is 2.90. The summed E-state index contributed by atoms with van der Waals surface area (Å²) in [6.07, 6.45) is 2.47. The number of carbonyl (C=O) groups excluding carboxylic acids is 1. The van der Waals surface area contributed by atoms with Crippen LogP contribution in [0.5, 0.6) is 5.75 Å². The zero-order chi connectivity index (χ0) is 13.9. The maximum absolute atomic E-state index is 12.5. The maximum Gasteiger partial charge on any atom is 0.201 e. The zero-order valence-corrected chi connectivity index (χ0v) is 11.9. The van der Waals surface area contributed by atoms with E-state index < -0.39 is 6.04 Å². The molecule has 1 aromatic rings. The second kappa shape index (κ2) is 5.52. The Morgan fingerprint density at radius 1 is 1.56 bits per heavy atom. The van der Waals surface area contributed by atoms with Crippen LogP contribution >= 0.6 is 0 Å². The monoisotopic (exact) mass is 253 g/mol. The molecule has 0 fully saturated rings. The molecular formula is C13H23N3O2. The molecule has 0 aliphatic carbocycles. The largest absolute Gasteiger partial charge is 0.493 e. The normalized spacial score (nSPS) is 13.4. The molecule has 2 N–H and O–H groups in total. The summed E-state index contributed by atoms with van der Waals surface area (Å²) >= 11 is 0. The molecule has 18 heavy (non-hydrogen) atoms. The van der Waals surface area contributed by atoms with Crippen LogP contribution in [0.4, 0.5) is 0 Å². The Morgan fingerprint density at radius 2 is 2.17 bits per heavy atom. The number of hydrogen-bond acceptors (Lipinski definition) is 4. The minimum Gasteiger partial charge on any atom is -0.493 e. The number of aryl methyl sites for hydroxylation is 1. The van der Waals surface area contributed by atoms with Crippen LogP contribution in [0.2, 0.25) is 0 Å². The quantitative estimate of drug-likeness (QED) is 0.813. The molecule has 0 saturated carbocycles. The van der Waals surface area contributed by atoms with Gasteiger partial charge in [0.15, 0.2) is 5.75 Å². The SMILES string of the molecule is CCCn1ncc(OC)c1C(=O)C(N)C(C)(C)C. The molecule has 0 radical (unpaired) electrons. The van der Waals surface area contributed by atoms with Crippen LogP contribution in [0.25, 0.3) is 0 Å². The molecule has 1 heterocycles. The fourth-order valence-corrected chi connectivity index (χ4v) is 1.69. The van der Waals surface area contributed by atoms with Gasteiger partial charge in [-0.05, 0) is 11.8 Å². The average molecular weight is 253 g/mol. The van der Waals surface area contributed by atoms with Crippen LogP contribution < -0.4 is 10.5 Å². The molecule has 0 spiro atoms. The number of nitrogens with two attached hydrogens (primary N) is 1. The molecule has 0 aliphatic rings. The third-order valence-corrected chi connectivity index (χ3v) is 2.91. The summed E-state index contributed by atoms with van der Waals surface area (Å²) in [5.74, 6) is 0.374. The van der Waals surface area contributed by atoms with E-state index in [4.69, 9.17) is 10.5 Å². The van der Waals surface area contributed by atoms with E-state index >= 15 is 0 Å². The number of ketones is 1. The first-order chi connectivity index (χ1) is 8.32. The molecule has 0 amide bonds. The lowest BCUT2D eigenvalue weighted by Crippen LogP contribution is -2.43. The van der Waals surface area contributed by atoms with Gasteiger partial charge in [0.2, 0.25) is 5.78 Å². The van der Waals surface area contributed by atoms with E-state index in [2.05, 4.69) is 5.10 Å². The highest BCUT2D eigenvalue weighted by Crippen LogP contribution is 2.25. The van der Waals surface area contributed by atoms with Gasteiger partial charge >= 0.3 is 0 Å². The molecule has 5 heteroatoms. The predicted octanol–water partition coefficient (Wildman–Crippen LogP) is 1.86. The van der Waals surface area contributed by atoms with Gasteiger partial charge in [-0.2, -0.15) is 5.10 Å². The summed E-state index contributed by atoms with van der Waals surface area (Å²) in [6.45, 7) is 8.56. The molecule has 1 aromatic heterocycles. The van der Waals surface area contributed by atoms with Gasteiger partial charge in [-0.1, -0.05) is 27.7 Å². The van der Waals surface area contributed by atoms with Crippen LogP contribution in [-0.2, 0) is 6.54 Å². The number of hydrogen-bond donors (Lipinski definition) is 1. The summed E-state index contributed by atoms with van der Waals surface area (Å²) in [4.78, 5) is 12.5. The lowest BCUT2D eigenvalue weighted by molar-refractivity contribution is 0.0886. The van der Waals surface area contributed by atoms with E-state index in [1.165, 1.54) is 7.11 Å². The first-order valence-corrected chi connectivity index (χ1v) is 6.22. The van der Waals surface area contributed by atoms with Crippen molar-refractivity contribution in [1.29, 1.82) is 0 Å². The van der Waals surface area contributed by atoms with Crippen molar-refractivity contribution in [3.63, 3.8) is 0 Å². The Bertz CT molecular complexity index is 418. The van der Waals surface area contributed by atoms with Crippen molar-refractivity contribution in [2.45, 2.75) is 46.7 Å². The first kappa shape index (κ1) is 14.7. The Kier molecular flexibility index (Phi) is 4.51. The Hall–Kier alpha value is -1.36. The highest BCUT2D eigenvalue weighted by atomic mass is 16.5. The zero-order valence-electron chi connectivity index (χ0n) is 11.9. The molecule has 1 atom stereocenters. The van der Waals surface area contributed by atoms with E-state index in [-0.39, 0.29) is 11.2 Å². The van der Waals surface area contributed by atoms with Crippen LogP contribution in [0, 0.1) is 5.41 Å². The fraction of sp³-hybridized carbons (Fsp3) is 0.692. The lowest BCUT2D eigenvalue weighted by Gasteiger charge is -2.26. The van der Waals surface area contributed by atoms with Gasteiger partial charge in [0, 0.05) is 6.54 Å². The van der Waals surface area contributed by atoms with Crippen LogP contribution in [0.15, 0.2) is 6.20 Å². The van der Waals surface area contributed by atoms with E-state index in [0.29, 0.717) is 18.0 Å². The van der Waals surface area contributed by atoms with Crippen molar-refractivity contribution in [2.24, 2.45) is 11.1 Å². The number of aromatic nitrogens is 2. The van der Waals surface area contributed by atoms with E-state index in [0.717, 1.165) is 6.42 Å². The van der Waals surface area contributed by atoms with Gasteiger partial charge in [0.25, 0.3) is 0 Å². The van der Waals surface area contributed by atoms with E-state index in [1.807, 2.05) is 27.7 Å². The van der Waals surface area contributed by atoms with Gasteiger partial charge in [0.05, 0.1) is 19.3 Å². The number of rotatable bonds is 5. The smallest absolute Gasteiger partial charge is 0.201 e. The minimum absolute atomic E-state index is 0.120. The molecule has 1 unspecified atom stereocenters. The number of ether oxygens (including phenoxy) is 1. The molecule has 5 nitrogen and oxygen atoms in total. The fourth-order valence-electron chi connectivity index (χ4n) is 1.69. The number of methoxy groups -OCH3 is 1. The van der Waals surface area contributed by atoms with Gasteiger partial charge in [-0.3, -0.25) is 9.48 Å². The van der Waals surface area contributed by atoms with Crippen LogP contribution in [-0.4, -0.2) is 28.7 Å². The summed E-state index contributed by atoms with van der Waals surface area (Å²) in [5.41, 5.74) is 6.21. The standard InChI is InChI=1S/C13H23N3O2/c1-6-7-16-10(9(18-5)8-15-16)11(17)12(14)13(2,3)4/h8,12H,6-7,14H2,1-5H3. The maximum atomic E-state index is 12.5. The Labute approximate surface area is 108 Å². The van der Waals surface area contributed by atoms with Gasteiger partial charge in [-0.15, -0.1) is 0 Å². The topological polar surface area (TPSA) is 70.1 Å². The van der Waals surface area contributed by atoms with Crippen molar-refractivity contribution >= 4 is 5.78 Å². The Morgan fingerprint density at radius 3 is 2.61 bits per heavy atom. The number of carbonyl (C=O) groups is 1. The third-order valence-electron chi connectivity index (χ3n) is 2.91. The van der Waals surface area contributed by atoms with Gasteiger partial charge in [-0.25, -0.2) is 0 Å². The number of Topliss-reactive ketones (excluding diaryl/α,β-unsaturated/α-hetero) is 1. The highest BCUT2D eigenvalue weighted by Gasteiger charge is 2.32. The van der Waals surface area contributed by atoms with Crippen molar-refractivity contribution < 1.29 is 9.53 Å². The van der Waals surface area contributed by atoms with Crippen LogP contribution in [0.3, 0.4) is 0 Å². The van der Waals surface area contributed by atoms with Crippen molar-refractivity contribution in [2.75, 3.05) is 7.11 Å². The summed E-state index contributed by atoms with van der Waals surface area (Å²) in [6, 6.07) is -0.571. The molecule has 0 bridgehead atoms. The lowest BCUT2D eigenvalue weighted by atomic mass is 9.84. The summed E-state index contributed by atoms with van der Waals surface area (Å²) < 4.78 is 6.87. The molecule has 102 valence electrons. The molecule has 0 saturated heterocycles. The summed E-state index contributed by atoms with van der Waals surface area (Å²) in [7, 11) is 1.53. The molecule has 0 aromatic carbocycles. The number of nitrogens with zero attached hydrogens (tertiary/aromatic N) is 2.